The number of unbranched alkanes of at least 4 members (excludes halogenated alkanes) is 5. The van der Waals surface area contributed by atoms with E-state index in [4.69, 9.17) is 4.74 Å². The fourth-order valence-corrected chi connectivity index (χ4v) is 4.12. The van der Waals surface area contributed by atoms with Crippen LogP contribution in [0.4, 0.5) is 13.2 Å². The average Bonchev–Trinajstić information content (AvgIpc) is 2.68. The van der Waals surface area contributed by atoms with E-state index in [9.17, 15) is 18.0 Å². The molecule has 0 heterocycles. The molecule has 1 aliphatic rings. The number of esters is 1. The molecular weight excluding hydrogens is 365 g/mol. The van der Waals surface area contributed by atoms with E-state index < -0.39 is 23.4 Å². The van der Waals surface area contributed by atoms with Gasteiger partial charge in [0.25, 0.3) is 0 Å². The Labute approximate surface area is 166 Å². The Morgan fingerprint density at radius 2 is 1.43 bits per heavy atom. The topological polar surface area (TPSA) is 26.3 Å². The second-order valence-corrected chi connectivity index (χ2v) is 8.16. The molecule has 158 valence electrons. The predicted octanol–water partition coefficient (Wildman–Crippen LogP) is 7.35. The molecule has 2 nitrogen and oxygen atoms in total. The van der Waals surface area contributed by atoms with Crippen LogP contribution in [0.3, 0.4) is 0 Å². The summed E-state index contributed by atoms with van der Waals surface area (Å²) in [4.78, 5) is 11.9. The second-order valence-electron chi connectivity index (χ2n) is 8.16. The van der Waals surface area contributed by atoms with Crippen LogP contribution in [0.2, 0.25) is 0 Å². The largest absolute Gasteiger partial charge is 0.426 e. The first-order valence-corrected chi connectivity index (χ1v) is 10.8. The van der Waals surface area contributed by atoms with Gasteiger partial charge in [-0.1, -0.05) is 77.6 Å². The molecule has 2 rings (SSSR count). The van der Waals surface area contributed by atoms with Crippen molar-refractivity contribution in [3.05, 3.63) is 29.6 Å². The normalized spacial score (nSPS) is 19.6. The van der Waals surface area contributed by atoms with Gasteiger partial charge in [0, 0.05) is 18.6 Å². The van der Waals surface area contributed by atoms with E-state index in [0.29, 0.717) is 18.1 Å². The van der Waals surface area contributed by atoms with Crippen LogP contribution in [0.1, 0.15) is 90.4 Å². The minimum Gasteiger partial charge on any atom is -0.426 e. The van der Waals surface area contributed by atoms with Gasteiger partial charge in [0.05, 0.1) is 0 Å². The predicted molar refractivity (Wildman–Crippen MR) is 105 cm³/mol. The van der Waals surface area contributed by atoms with Gasteiger partial charge >= 0.3 is 5.97 Å². The molecule has 0 saturated heterocycles. The molecule has 28 heavy (non-hydrogen) atoms. The molecule has 1 aromatic carbocycles. The summed E-state index contributed by atoms with van der Waals surface area (Å²) < 4.78 is 44.2. The minimum atomic E-state index is -1.56. The van der Waals surface area contributed by atoms with E-state index in [2.05, 4.69) is 6.92 Å². The molecular formula is C23H33F3O2. The van der Waals surface area contributed by atoms with E-state index >= 15 is 0 Å². The zero-order valence-corrected chi connectivity index (χ0v) is 17.0. The smallest absolute Gasteiger partial charge is 0.311 e. The lowest BCUT2D eigenvalue weighted by Gasteiger charge is -2.28. The second kappa shape index (κ2) is 12.1. The summed E-state index contributed by atoms with van der Waals surface area (Å²) in [5.41, 5.74) is 0. The van der Waals surface area contributed by atoms with E-state index in [1.807, 2.05) is 0 Å². The number of carbonyl (C=O) groups is 1. The summed E-state index contributed by atoms with van der Waals surface area (Å²) in [5.74, 6) is -3.76. The van der Waals surface area contributed by atoms with Crippen molar-refractivity contribution < 1.29 is 22.7 Å². The van der Waals surface area contributed by atoms with Crippen LogP contribution in [0.5, 0.6) is 5.75 Å². The number of rotatable bonds is 11. The fourth-order valence-electron chi connectivity index (χ4n) is 4.12. The number of ether oxygens (including phenoxy) is 1. The maximum absolute atomic E-state index is 13.2. The lowest BCUT2D eigenvalue weighted by molar-refractivity contribution is -0.134. The van der Waals surface area contributed by atoms with Crippen molar-refractivity contribution in [1.82, 2.24) is 0 Å². The number of halogens is 3. The van der Waals surface area contributed by atoms with Crippen LogP contribution in [0, 0.1) is 29.3 Å². The highest BCUT2D eigenvalue weighted by molar-refractivity contribution is 5.72. The van der Waals surface area contributed by atoms with Gasteiger partial charge in [0.15, 0.2) is 17.5 Å². The zero-order valence-electron chi connectivity index (χ0n) is 17.0. The maximum atomic E-state index is 13.2. The molecule has 5 heteroatoms. The SMILES string of the molecule is CCCCCCCCC1CCC(CCC(=O)Oc2cc(F)c(F)c(F)c2)CC1. The molecule has 1 saturated carbocycles. The van der Waals surface area contributed by atoms with Crippen molar-refractivity contribution in [1.29, 1.82) is 0 Å². The number of hydrogen-bond acceptors (Lipinski definition) is 2. The van der Waals surface area contributed by atoms with Gasteiger partial charge in [-0.2, -0.15) is 0 Å². The van der Waals surface area contributed by atoms with E-state index in [-0.39, 0.29) is 12.2 Å². The third-order valence-corrected chi connectivity index (χ3v) is 5.88. The Hall–Kier alpha value is -1.52. The summed E-state index contributed by atoms with van der Waals surface area (Å²) in [6, 6.07) is 1.40. The van der Waals surface area contributed by atoms with Crippen LogP contribution < -0.4 is 4.74 Å². The monoisotopic (exact) mass is 398 g/mol. The van der Waals surface area contributed by atoms with Crippen molar-refractivity contribution in [2.45, 2.75) is 90.4 Å². The summed E-state index contributed by atoms with van der Waals surface area (Å²) in [5, 5.41) is 0. The van der Waals surface area contributed by atoms with Crippen LogP contribution in [0.25, 0.3) is 0 Å². The Kier molecular flexibility index (Phi) is 9.86. The lowest BCUT2D eigenvalue weighted by atomic mass is 9.78. The summed E-state index contributed by atoms with van der Waals surface area (Å²) in [6.07, 6.45) is 15.0. The molecule has 1 fully saturated rings. The molecule has 0 atom stereocenters. The van der Waals surface area contributed by atoms with Crippen molar-refractivity contribution in [3.63, 3.8) is 0 Å². The highest BCUT2D eigenvalue weighted by Gasteiger charge is 2.22. The Bertz CT molecular complexity index is 587. The summed E-state index contributed by atoms with van der Waals surface area (Å²) in [7, 11) is 0. The molecule has 1 aromatic rings. The molecule has 0 aromatic heterocycles. The minimum absolute atomic E-state index is 0.216. The summed E-state index contributed by atoms with van der Waals surface area (Å²) in [6.45, 7) is 2.24. The fraction of sp³-hybridized carbons (Fsp3) is 0.696. The third kappa shape index (κ3) is 7.84. The number of carbonyl (C=O) groups excluding carboxylic acids is 1. The highest BCUT2D eigenvalue weighted by Crippen LogP contribution is 2.34. The first kappa shape index (κ1) is 22.8. The van der Waals surface area contributed by atoms with Crippen molar-refractivity contribution in [2.24, 2.45) is 11.8 Å². The van der Waals surface area contributed by atoms with Gasteiger partial charge in [-0.15, -0.1) is 0 Å². The molecule has 0 unspecified atom stereocenters. The maximum Gasteiger partial charge on any atom is 0.311 e. The van der Waals surface area contributed by atoms with Gasteiger partial charge < -0.3 is 4.74 Å². The van der Waals surface area contributed by atoms with E-state index in [1.54, 1.807) is 0 Å². The Morgan fingerprint density at radius 3 is 2.04 bits per heavy atom. The molecule has 0 spiro atoms. The van der Waals surface area contributed by atoms with Crippen molar-refractivity contribution in [3.8, 4) is 5.75 Å². The quantitative estimate of drug-likeness (QED) is 0.169. The first-order valence-electron chi connectivity index (χ1n) is 10.8. The van der Waals surface area contributed by atoms with Crippen LogP contribution >= 0.6 is 0 Å². The molecule has 0 bridgehead atoms. The van der Waals surface area contributed by atoms with Crippen molar-refractivity contribution in [2.75, 3.05) is 0 Å². The number of hydrogen-bond donors (Lipinski definition) is 0. The van der Waals surface area contributed by atoms with Gasteiger partial charge in [-0.05, 0) is 18.3 Å². The lowest BCUT2D eigenvalue weighted by Crippen LogP contribution is -2.17. The summed E-state index contributed by atoms with van der Waals surface area (Å²) >= 11 is 0. The van der Waals surface area contributed by atoms with E-state index in [1.165, 1.54) is 57.8 Å². The molecule has 0 N–H and O–H groups in total. The van der Waals surface area contributed by atoms with Gasteiger partial charge in [-0.3, -0.25) is 4.79 Å². The van der Waals surface area contributed by atoms with Gasteiger partial charge in [0.2, 0.25) is 0 Å². The molecule has 0 amide bonds. The standard InChI is InChI=1S/C23H33F3O2/c1-2-3-4-5-6-7-8-17-9-11-18(12-10-17)13-14-22(27)28-19-15-20(24)23(26)21(25)16-19/h15-18H,2-14H2,1H3. The van der Waals surface area contributed by atoms with Gasteiger partial charge in [-0.25, -0.2) is 13.2 Å². The van der Waals surface area contributed by atoms with Gasteiger partial charge in [0.1, 0.15) is 5.75 Å². The van der Waals surface area contributed by atoms with Crippen LogP contribution in [-0.4, -0.2) is 5.97 Å². The highest BCUT2D eigenvalue weighted by atomic mass is 19.2. The zero-order chi connectivity index (χ0) is 20.4. The first-order chi connectivity index (χ1) is 13.5. The molecule has 0 aliphatic heterocycles. The van der Waals surface area contributed by atoms with Crippen LogP contribution in [-0.2, 0) is 4.79 Å². The molecule has 0 radical (unpaired) electrons. The van der Waals surface area contributed by atoms with E-state index in [0.717, 1.165) is 25.2 Å². The average molecular weight is 399 g/mol. The number of benzene rings is 1. The Morgan fingerprint density at radius 1 is 0.893 bits per heavy atom. The third-order valence-electron chi connectivity index (χ3n) is 5.88. The van der Waals surface area contributed by atoms with Crippen molar-refractivity contribution >= 4 is 5.97 Å². The van der Waals surface area contributed by atoms with Crippen LogP contribution in [0.15, 0.2) is 12.1 Å². The molecule has 1 aliphatic carbocycles. The Balaban J connectivity index is 1.60.